The summed E-state index contributed by atoms with van der Waals surface area (Å²) in [6, 6.07) is 16.3. The van der Waals surface area contributed by atoms with E-state index in [1.807, 2.05) is 24.3 Å². The molecule has 1 aliphatic rings. The summed E-state index contributed by atoms with van der Waals surface area (Å²) in [5, 5.41) is 0. The quantitative estimate of drug-likeness (QED) is 0.576. The van der Waals surface area contributed by atoms with Crippen LogP contribution in [0.2, 0.25) is 0 Å². The fourth-order valence-electron chi connectivity index (χ4n) is 3.21. The summed E-state index contributed by atoms with van der Waals surface area (Å²) < 4.78 is 5.87. The molecule has 1 atom stereocenters. The maximum atomic E-state index is 5.87. The third kappa shape index (κ3) is 4.40. The summed E-state index contributed by atoms with van der Waals surface area (Å²) in [7, 11) is 0. The van der Waals surface area contributed by atoms with Crippen molar-refractivity contribution >= 4 is 0 Å². The number of benzene rings is 2. The van der Waals surface area contributed by atoms with Crippen molar-refractivity contribution in [3.63, 3.8) is 0 Å². The molecule has 0 radical (unpaired) electrons. The zero-order valence-electron chi connectivity index (χ0n) is 14.4. The van der Waals surface area contributed by atoms with Crippen LogP contribution in [0.1, 0.15) is 25.3 Å². The van der Waals surface area contributed by atoms with E-state index in [9.17, 15) is 0 Å². The summed E-state index contributed by atoms with van der Waals surface area (Å²) in [6.07, 6.45) is 7.82. The highest BCUT2D eigenvalue weighted by Crippen LogP contribution is 2.23. The Morgan fingerprint density at radius 1 is 1.08 bits per heavy atom. The van der Waals surface area contributed by atoms with E-state index in [1.54, 1.807) is 0 Å². The van der Waals surface area contributed by atoms with Gasteiger partial charge in [0.15, 0.2) is 0 Å². The Kier molecular flexibility index (Phi) is 5.56. The van der Waals surface area contributed by atoms with Gasteiger partial charge in [-0.3, -0.25) is 0 Å². The van der Waals surface area contributed by atoms with Gasteiger partial charge in [-0.1, -0.05) is 37.1 Å². The molecular formula is C22H25NO. The van der Waals surface area contributed by atoms with Crippen molar-refractivity contribution in [3.8, 4) is 29.2 Å². The lowest BCUT2D eigenvalue weighted by Gasteiger charge is -2.15. The van der Waals surface area contributed by atoms with Crippen LogP contribution in [0.5, 0.6) is 5.75 Å². The van der Waals surface area contributed by atoms with Crippen molar-refractivity contribution in [3.05, 3.63) is 54.1 Å². The van der Waals surface area contributed by atoms with Crippen molar-refractivity contribution in [2.75, 3.05) is 26.2 Å². The smallest absolute Gasteiger partial charge is 0.119 e. The summed E-state index contributed by atoms with van der Waals surface area (Å²) in [4.78, 5) is 2.54. The largest absolute Gasteiger partial charge is 0.494 e. The van der Waals surface area contributed by atoms with Crippen LogP contribution in [-0.4, -0.2) is 31.1 Å². The molecule has 0 amide bonds. The highest BCUT2D eigenvalue weighted by atomic mass is 16.5. The molecule has 1 unspecified atom stereocenters. The van der Waals surface area contributed by atoms with Gasteiger partial charge in [-0.05, 0) is 60.7 Å². The van der Waals surface area contributed by atoms with Crippen molar-refractivity contribution in [2.45, 2.75) is 19.8 Å². The molecule has 24 heavy (non-hydrogen) atoms. The van der Waals surface area contributed by atoms with Gasteiger partial charge < -0.3 is 9.64 Å². The fourth-order valence-corrected chi connectivity index (χ4v) is 3.21. The number of likely N-dealkylation sites (tertiary alicyclic amines) is 1. The molecule has 0 bridgehead atoms. The van der Waals surface area contributed by atoms with E-state index in [0.29, 0.717) is 0 Å². The Morgan fingerprint density at radius 3 is 2.33 bits per heavy atom. The number of terminal acetylenes is 1. The van der Waals surface area contributed by atoms with Crippen molar-refractivity contribution in [1.82, 2.24) is 4.90 Å². The highest BCUT2D eigenvalue weighted by Gasteiger charge is 2.17. The number of ether oxygens (including phenoxy) is 1. The summed E-state index contributed by atoms with van der Waals surface area (Å²) in [6.45, 7) is 6.74. The lowest BCUT2D eigenvalue weighted by molar-refractivity contribution is 0.259. The SMILES string of the molecule is C#Cc1ccc(-c2ccc(OCCCN3CCC(C)C3)cc2)cc1. The molecule has 124 valence electrons. The van der Waals surface area contributed by atoms with Gasteiger partial charge >= 0.3 is 0 Å². The molecule has 1 heterocycles. The van der Waals surface area contributed by atoms with E-state index in [-0.39, 0.29) is 0 Å². The van der Waals surface area contributed by atoms with Crippen LogP contribution in [0, 0.1) is 18.3 Å². The van der Waals surface area contributed by atoms with Crippen LogP contribution in [-0.2, 0) is 0 Å². The van der Waals surface area contributed by atoms with Gasteiger partial charge in [0.2, 0.25) is 0 Å². The Bertz CT molecular complexity index is 681. The third-order valence-electron chi connectivity index (χ3n) is 4.63. The zero-order valence-corrected chi connectivity index (χ0v) is 14.4. The summed E-state index contributed by atoms with van der Waals surface area (Å²) in [5.41, 5.74) is 3.26. The first-order chi connectivity index (χ1) is 11.7. The average molecular weight is 319 g/mol. The molecule has 2 nitrogen and oxygen atoms in total. The Labute approximate surface area is 145 Å². The maximum Gasteiger partial charge on any atom is 0.119 e. The number of hydrogen-bond donors (Lipinski definition) is 0. The first-order valence-corrected chi connectivity index (χ1v) is 8.77. The number of rotatable bonds is 6. The predicted molar refractivity (Wildman–Crippen MR) is 100 cm³/mol. The molecule has 2 aromatic carbocycles. The molecule has 3 rings (SSSR count). The van der Waals surface area contributed by atoms with Crippen LogP contribution < -0.4 is 4.74 Å². The minimum absolute atomic E-state index is 0.779. The third-order valence-corrected chi connectivity index (χ3v) is 4.63. The van der Waals surface area contributed by atoms with Gasteiger partial charge in [-0.2, -0.15) is 0 Å². The van der Waals surface area contributed by atoms with E-state index in [2.05, 4.69) is 42.0 Å². The maximum absolute atomic E-state index is 5.87. The molecule has 1 aliphatic heterocycles. The Morgan fingerprint density at radius 2 is 1.75 bits per heavy atom. The van der Waals surface area contributed by atoms with Crippen LogP contribution in [0.3, 0.4) is 0 Å². The second kappa shape index (κ2) is 8.04. The predicted octanol–water partition coefficient (Wildman–Crippen LogP) is 4.45. The van der Waals surface area contributed by atoms with Gasteiger partial charge in [0.1, 0.15) is 5.75 Å². The van der Waals surface area contributed by atoms with Crippen molar-refractivity contribution in [1.29, 1.82) is 0 Å². The van der Waals surface area contributed by atoms with Crippen LogP contribution in [0.15, 0.2) is 48.5 Å². The Balaban J connectivity index is 1.46. The van der Waals surface area contributed by atoms with Gasteiger partial charge in [-0.25, -0.2) is 0 Å². The van der Waals surface area contributed by atoms with E-state index < -0.39 is 0 Å². The molecule has 2 heteroatoms. The Hall–Kier alpha value is -2.24. The lowest BCUT2D eigenvalue weighted by Crippen LogP contribution is -2.22. The second-order valence-electron chi connectivity index (χ2n) is 6.64. The van der Waals surface area contributed by atoms with E-state index >= 15 is 0 Å². The molecule has 2 aromatic rings. The average Bonchev–Trinajstić information content (AvgIpc) is 3.05. The van der Waals surface area contributed by atoms with Gasteiger partial charge in [0, 0.05) is 18.7 Å². The molecule has 0 aromatic heterocycles. The number of nitrogens with zero attached hydrogens (tertiary/aromatic N) is 1. The molecule has 0 saturated carbocycles. The van der Waals surface area contributed by atoms with E-state index in [0.717, 1.165) is 36.8 Å². The molecule has 0 aliphatic carbocycles. The molecular weight excluding hydrogens is 294 g/mol. The molecule has 0 N–H and O–H groups in total. The van der Waals surface area contributed by atoms with Gasteiger partial charge in [0.25, 0.3) is 0 Å². The number of hydrogen-bond acceptors (Lipinski definition) is 2. The van der Waals surface area contributed by atoms with Gasteiger partial charge in [-0.15, -0.1) is 6.42 Å². The minimum Gasteiger partial charge on any atom is -0.494 e. The fraction of sp³-hybridized carbons (Fsp3) is 0.364. The van der Waals surface area contributed by atoms with Crippen molar-refractivity contribution < 1.29 is 4.74 Å². The van der Waals surface area contributed by atoms with Crippen LogP contribution >= 0.6 is 0 Å². The summed E-state index contributed by atoms with van der Waals surface area (Å²) in [5.74, 6) is 4.44. The highest BCUT2D eigenvalue weighted by molar-refractivity contribution is 5.65. The zero-order chi connectivity index (χ0) is 16.8. The monoisotopic (exact) mass is 319 g/mol. The van der Waals surface area contributed by atoms with Crippen molar-refractivity contribution in [2.24, 2.45) is 5.92 Å². The minimum atomic E-state index is 0.779. The second-order valence-corrected chi connectivity index (χ2v) is 6.64. The first-order valence-electron chi connectivity index (χ1n) is 8.77. The molecule has 0 spiro atoms. The molecule has 1 fully saturated rings. The van der Waals surface area contributed by atoms with E-state index in [1.165, 1.54) is 30.6 Å². The molecule has 1 saturated heterocycles. The van der Waals surface area contributed by atoms with Crippen LogP contribution in [0.25, 0.3) is 11.1 Å². The van der Waals surface area contributed by atoms with E-state index in [4.69, 9.17) is 11.2 Å². The first kappa shape index (κ1) is 16.6. The van der Waals surface area contributed by atoms with Crippen LogP contribution in [0.4, 0.5) is 0 Å². The summed E-state index contributed by atoms with van der Waals surface area (Å²) >= 11 is 0. The van der Waals surface area contributed by atoms with Gasteiger partial charge in [0.05, 0.1) is 6.61 Å². The lowest BCUT2D eigenvalue weighted by atomic mass is 10.0. The standard InChI is InChI=1S/C22H25NO/c1-3-19-5-7-20(8-6-19)21-9-11-22(12-10-21)24-16-4-14-23-15-13-18(2)17-23/h1,5-12,18H,4,13-17H2,2H3. The normalized spacial score (nSPS) is 17.6. The topological polar surface area (TPSA) is 12.5 Å².